The summed E-state index contributed by atoms with van der Waals surface area (Å²) in [5, 5.41) is 22.9. The van der Waals surface area contributed by atoms with E-state index < -0.39 is 0 Å². The first-order valence-electron chi connectivity index (χ1n) is 7.25. The number of benzene rings is 2. The van der Waals surface area contributed by atoms with E-state index in [1.807, 2.05) is 24.3 Å². The first-order chi connectivity index (χ1) is 12.1. The highest BCUT2D eigenvalue weighted by Crippen LogP contribution is 2.33. The number of thiazole rings is 1. The predicted octanol–water partition coefficient (Wildman–Crippen LogP) is 3.60. The number of carbonyl (C=O) groups is 1. The Kier molecular flexibility index (Phi) is 3.90. The molecule has 1 aromatic heterocycles. The number of aromatic hydroxyl groups is 2. The van der Waals surface area contributed by atoms with Crippen molar-refractivity contribution in [3.63, 3.8) is 0 Å². The molecule has 1 amide bonds. The molecule has 0 bridgehead atoms. The summed E-state index contributed by atoms with van der Waals surface area (Å²) in [5.41, 5.74) is 1.31. The van der Waals surface area contributed by atoms with Crippen molar-refractivity contribution in [3.05, 3.63) is 52.9 Å². The van der Waals surface area contributed by atoms with Crippen LogP contribution in [0, 0.1) is 0 Å². The number of amides is 1. The number of phenolic OH excluding ortho intramolecular Hbond substituents is 2. The molecule has 0 atom stereocenters. The van der Waals surface area contributed by atoms with Gasteiger partial charge in [0.1, 0.15) is 11.5 Å². The van der Waals surface area contributed by atoms with E-state index in [4.69, 9.17) is 0 Å². The summed E-state index contributed by atoms with van der Waals surface area (Å²) >= 11 is 2.62. The quantitative estimate of drug-likeness (QED) is 0.600. The third-order valence-electron chi connectivity index (χ3n) is 3.43. The van der Waals surface area contributed by atoms with Gasteiger partial charge in [0, 0.05) is 11.6 Å². The molecular weight excluding hydrogens is 358 g/mol. The lowest BCUT2D eigenvalue weighted by Crippen LogP contribution is -2.19. The molecule has 1 aliphatic heterocycles. The Hall–Kier alpha value is -2.84. The summed E-state index contributed by atoms with van der Waals surface area (Å²) in [6, 6.07) is 11.9. The molecule has 124 valence electrons. The standard InChI is InChI=1S/C17H11N3O3S2/c21-10-6-5-9(12(22)8-10)7-14-15(23)19-17(25-14)20-16-18-11-3-1-2-4-13(11)24-16/h1-8,21-22H,(H,18,19,20,23)/b14-7-. The highest BCUT2D eigenvalue weighted by atomic mass is 32.2. The van der Waals surface area contributed by atoms with Gasteiger partial charge in [0.25, 0.3) is 5.91 Å². The summed E-state index contributed by atoms with van der Waals surface area (Å²) in [7, 11) is 0. The van der Waals surface area contributed by atoms with Gasteiger partial charge in [0.05, 0.1) is 15.1 Å². The third kappa shape index (κ3) is 3.21. The highest BCUT2D eigenvalue weighted by Gasteiger charge is 2.24. The summed E-state index contributed by atoms with van der Waals surface area (Å²) in [6.45, 7) is 0. The summed E-state index contributed by atoms with van der Waals surface area (Å²) in [4.78, 5) is 21.3. The Bertz CT molecular complexity index is 1020. The monoisotopic (exact) mass is 369 g/mol. The van der Waals surface area contributed by atoms with Crippen molar-refractivity contribution in [2.24, 2.45) is 4.99 Å². The minimum atomic E-state index is -0.294. The normalized spacial score (nSPS) is 17.5. The maximum Gasteiger partial charge on any atom is 0.264 e. The van der Waals surface area contributed by atoms with Crippen molar-refractivity contribution in [1.82, 2.24) is 10.3 Å². The average Bonchev–Trinajstić information content (AvgIpc) is 3.13. The topological polar surface area (TPSA) is 94.8 Å². The fraction of sp³-hybridized carbons (Fsp3) is 0. The van der Waals surface area contributed by atoms with Gasteiger partial charge < -0.3 is 15.5 Å². The zero-order valence-corrected chi connectivity index (χ0v) is 14.3. The largest absolute Gasteiger partial charge is 0.508 e. The molecule has 4 rings (SSSR count). The van der Waals surface area contributed by atoms with Crippen LogP contribution in [0.2, 0.25) is 0 Å². The van der Waals surface area contributed by atoms with E-state index in [-0.39, 0.29) is 17.4 Å². The lowest BCUT2D eigenvalue weighted by atomic mass is 10.2. The Morgan fingerprint density at radius 3 is 2.80 bits per heavy atom. The number of nitrogens with zero attached hydrogens (tertiary/aromatic N) is 2. The van der Waals surface area contributed by atoms with Crippen LogP contribution < -0.4 is 5.32 Å². The number of phenols is 2. The van der Waals surface area contributed by atoms with Crippen molar-refractivity contribution in [2.45, 2.75) is 0 Å². The van der Waals surface area contributed by atoms with Gasteiger partial charge in [-0.25, -0.2) is 4.98 Å². The number of aliphatic imine (C=N–C) groups is 1. The van der Waals surface area contributed by atoms with Crippen molar-refractivity contribution in [2.75, 3.05) is 0 Å². The van der Waals surface area contributed by atoms with E-state index in [1.54, 1.807) is 6.08 Å². The molecule has 0 spiro atoms. The number of hydrogen-bond donors (Lipinski definition) is 3. The molecule has 0 aliphatic carbocycles. The second kappa shape index (κ2) is 6.23. The van der Waals surface area contributed by atoms with Crippen LogP contribution in [0.5, 0.6) is 11.5 Å². The van der Waals surface area contributed by atoms with Gasteiger partial charge in [-0.2, -0.15) is 4.99 Å². The maximum atomic E-state index is 12.1. The Morgan fingerprint density at radius 2 is 2.00 bits per heavy atom. The lowest BCUT2D eigenvalue weighted by molar-refractivity contribution is -0.115. The fourth-order valence-electron chi connectivity index (χ4n) is 2.27. The second-order valence-electron chi connectivity index (χ2n) is 5.19. The van der Waals surface area contributed by atoms with Gasteiger partial charge >= 0.3 is 0 Å². The number of fused-ring (bicyclic) bond motifs is 1. The predicted molar refractivity (Wildman–Crippen MR) is 100 cm³/mol. The number of para-hydroxylation sites is 1. The van der Waals surface area contributed by atoms with Crippen LogP contribution in [0.4, 0.5) is 5.13 Å². The van der Waals surface area contributed by atoms with Gasteiger partial charge in [-0.3, -0.25) is 4.79 Å². The van der Waals surface area contributed by atoms with E-state index in [0.29, 0.717) is 20.8 Å². The van der Waals surface area contributed by atoms with Crippen molar-refractivity contribution >= 4 is 55.6 Å². The number of hydrogen-bond acceptors (Lipinski definition) is 7. The van der Waals surface area contributed by atoms with Crippen LogP contribution in [-0.4, -0.2) is 26.3 Å². The highest BCUT2D eigenvalue weighted by molar-refractivity contribution is 8.18. The molecule has 1 aliphatic rings. The summed E-state index contributed by atoms with van der Waals surface area (Å²) < 4.78 is 1.03. The minimum Gasteiger partial charge on any atom is -0.508 e. The average molecular weight is 369 g/mol. The molecular formula is C17H11N3O3S2. The van der Waals surface area contributed by atoms with Crippen LogP contribution in [0.1, 0.15) is 5.56 Å². The van der Waals surface area contributed by atoms with Crippen LogP contribution >= 0.6 is 23.1 Å². The van der Waals surface area contributed by atoms with E-state index in [0.717, 1.165) is 10.2 Å². The number of amidine groups is 1. The second-order valence-corrected chi connectivity index (χ2v) is 7.23. The van der Waals surface area contributed by atoms with Crippen molar-refractivity contribution in [3.8, 4) is 11.5 Å². The Balaban J connectivity index is 1.62. The molecule has 1 saturated heterocycles. The first-order valence-corrected chi connectivity index (χ1v) is 8.89. The lowest BCUT2D eigenvalue weighted by Gasteiger charge is -2.00. The number of carbonyl (C=O) groups excluding carboxylic acids is 1. The van der Waals surface area contributed by atoms with Crippen LogP contribution in [0.3, 0.4) is 0 Å². The van der Waals surface area contributed by atoms with Gasteiger partial charge in [-0.15, -0.1) is 0 Å². The molecule has 0 saturated carbocycles. The van der Waals surface area contributed by atoms with Gasteiger partial charge in [0.2, 0.25) is 5.13 Å². The van der Waals surface area contributed by atoms with Crippen LogP contribution in [0.15, 0.2) is 52.4 Å². The SMILES string of the molecule is O=C1NC(=Nc2nc3ccccc3s2)S/C1=C\c1ccc(O)cc1O. The van der Waals surface area contributed by atoms with E-state index >= 15 is 0 Å². The molecule has 2 aromatic carbocycles. The van der Waals surface area contributed by atoms with Crippen LogP contribution in [-0.2, 0) is 4.79 Å². The first kappa shape index (κ1) is 15.7. The summed E-state index contributed by atoms with van der Waals surface area (Å²) in [5.74, 6) is -0.434. The molecule has 0 radical (unpaired) electrons. The smallest absolute Gasteiger partial charge is 0.264 e. The minimum absolute atomic E-state index is 0.0405. The van der Waals surface area contributed by atoms with E-state index in [1.165, 1.54) is 41.3 Å². The number of thioether (sulfide) groups is 1. The van der Waals surface area contributed by atoms with Crippen molar-refractivity contribution < 1.29 is 15.0 Å². The van der Waals surface area contributed by atoms with Crippen molar-refractivity contribution in [1.29, 1.82) is 0 Å². The Morgan fingerprint density at radius 1 is 1.16 bits per heavy atom. The van der Waals surface area contributed by atoms with E-state index in [2.05, 4.69) is 15.3 Å². The third-order valence-corrected chi connectivity index (χ3v) is 5.27. The zero-order chi connectivity index (χ0) is 17.4. The number of aromatic nitrogens is 1. The van der Waals surface area contributed by atoms with Gasteiger partial charge in [-0.1, -0.05) is 23.5 Å². The molecule has 3 N–H and O–H groups in total. The molecule has 0 unspecified atom stereocenters. The van der Waals surface area contributed by atoms with Crippen LogP contribution in [0.25, 0.3) is 16.3 Å². The molecule has 25 heavy (non-hydrogen) atoms. The number of rotatable bonds is 2. The van der Waals surface area contributed by atoms with E-state index in [9.17, 15) is 15.0 Å². The fourth-order valence-corrected chi connectivity index (χ4v) is 3.98. The molecule has 6 nitrogen and oxygen atoms in total. The van der Waals surface area contributed by atoms with Gasteiger partial charge in [-0.05, 0) is 42.1 Å². The molecule has 2 heterocycles. The maximum absolute atomic E-state index is 12.1. The molecule has 1 fully saturated rings. The molecule has 8 heteroatoms. The van der Waals surface area contributed by atoms with Gasteiger partial charge in [0.15, 0.2) is 5.17 Å². The number of nitrogens with one attached hydrogen (secondary N) is 1. The molecule has 3 aromatic rings. The zero-order valence-electron chi connectivity index (χ0n) is 12.6. The summed E-state index contributed by atoms with van der Waals surface area (Å²) in [6.07, 6.45) is 1.55. The Labute approximate surface area is 150 Å².